The van der Waals surface area contributed by atoms with Crippen molar-refractivity contribution in [1.29, 1.82) is 0 Å². The van der Waals surface area contributed by atoms with Crippen molar-refractivity contribution in [3.63, 3.8) is 0 Å². The summed E-state index contributed by atoms with van der Waals surface area (Å²) in [7, 11) is 1.71. The van der Waals surface area contributed by atoms with Gasteiger partial charge in [0.25, 0.3) is 0 Å². The number of anilines is 1. The number of methoxy groups -OCH3 is 1. The minimum absolute atomic E-state index is 0.243. The smallest absolute Gasteiger partial charge is 0.203 e. The third-order valence-corrected chi connectivity index (χ3v) is 3.38. The van der Waals surface area contributed by atoms with E-state index in [-0.39, 0.29) is 6.04 Å². The van der Waals surface area contributed by atoms with Crippen molar-refractivity contribution >= 4 is 5.95 Å². The second-order valence-electron chi connectivity index (χ2n) is 5.45. The molecule has 0 radical (unpaired) electrons. The van der Waals surface area contributed by atoms with E-state index in [1.54, 1.807) is 7.11 Å². The van der Waals surface area contributed by atoms with E-state index in [1.165, 1.54) is 5.69 Å². The molecule has 6 heteroatoms. The Hall–Kier alpha value is -1.82. The molecule has 1 N–H and O–H groups in total. The highest BCUT2D eigenvalue weighted by molar-refractivity contribution is 5.27. The highest BCUT2D eigenvalue weighted by atomic mass is 16.5. The topological polar surface area (TPSA) is 56.9 Å². The van der Waals surface area contributed by atoms with Gasteiger partial charge in [-0.1, -0.05) is 0 Å². The Bertz CT molecular complexity index is 560. The van der Waals surface area contributed by atoms with Gasteiger partial charge in [-0.15, -0.1) is 0 Å². The number of nitrogens with one attached hydrogen (secondary N) is 1. The highest BCUT2D eigenvalue weighted by Crippen LogP contribution is 2.09. The Balaban J connectivity index is 1.86. The van der Waals surface area contributed by atoms with E-state index >= 15 is 0 Å². The molecule has 2 aromatic rings. The monoisotopic (exact) mass is 291 g/mol. The van der Waals surface area contributed by atoms with Crippen molar-refractivity contribution in [3.05, 3.63) is 29.8 Å². The number of imidazole rings is 1. The van der Waals surface area contributed by atoms with Crippen LogP contribution < -0.4 is 5.32 Å². The number of rotatable bonds is 8. The van der Waals surface area contributed by atoms with Crippen LogP contribution in [0.25, 0.3) is 0 Å². The maximum Gasteiger partial charge on any atom is 0.203 e. The average molecular weight is 291 g/mol. The zero-order valence-electron chi connectivity index (χ0n) is 13.3. The predicted molar refractivity (Wildman–Crippen MR) is 83.5 cm³/mol. The number of nitrogens with zero attached hydrogens (tertiary/aromatic N) is 4. The molecule has 2 aromatic heterocycles. The first-order chi connectivity index (χ1) is 10.1. The van der Waals surface area contributed by atoms with E-state index in [0.717, 1.165) is 31.2 Å². The van der Waals surface area contributed by atoms with Gasteiger partial charge in [-0.05, 0) is 33.3 Å². The fourth-order valence-electron chi connectivity index (χ4n) is 2.43. The van der Waals surface area contributed by atoms with Crippen LogP contribution in [0.4, 0.5) is 5.95 Å². The van der Waals surface area contributed by atoms with E-state index < -0.39 is 0 Å². The zero-order valence-corrected chi connectivity index (χ0v) is 13.3. The van der Waals surface area contributed by atoms with Crippen LogP contribution in [0.1, 0.15) is 24.7 Å². The molecule has 0 saturated heterocycles. The van der Waals surface area contributed by atoms with Gasteiger partial charge >= 0.3 is 0 Å². The molecule has 116 valence electrons. The van der Waals surface area contributed by atoms with Gasteiger partial charge in [-0.25, -0.2) is 4.98 Å². The molecule has 21 heavy (non-hydrogen) atoms. The number of aryl methyl sites for hydroxylation is 4. The first kappa shape index (κ1) is 15.6. The van der Waals surface area contributed by atoms with Crippen LogP contribution >= 0.6 is 0 Å². The SMILES string of the molecule is COCC(C)Nc1nccn1CCCn1nc(C)cc1C. The molecule has 2 rings (SSSR count). The number of hydrogen-bond acceptors (Lipinski definition) is 4. The maximum atomic E-state index is 5.14. The first-order valence-electron chi connectivity index (χ1n) is 7.38. The molecule has 1 unspecified atom stereocenters. The van der Waals surface area contributed by atoms with Gasteiger partial charge in [0.05, 0.1) is 12.3 Å². The predicted octanol–water partition coefficient (Wildman–Crippen LogP) is 2.23. The van der Waals surface area contributed by atoms with E-state index in [9.17, 15) is 0 Å². The minimum Gasteiger partial charge on any atom is -0.383 e. The van der Waals surface area contributed by atoms with Crippen molar-refractivity contribution in [2.24, 2.45) is 0 Å². The summed E-state index contributed by atoms with van der Waals surface area (Å²) in [6.45, 7) is 8.71. The quantitative estimate of drug-likeness (QED) is 0.810. The van der Waals surface area contributed by atoms with E-state index in [0.29, 0.717) is 6.61 Å². The first-order valence-corrected chi connectivity index (χ1v) is 7.38. The summed E-state index contributed by atoms with van der Waals surface area (Å²) in [5.41, 5.74) is 2.29. The molecule has 0 aromatic carbocycles. The lowest BCUT2D eigenvalue weighted by Gasteiger charge is -2.15. The van der Waals surface area contributed by atoms with Gasteiger partial charge in [0.1, 0.15) is 0 Å². The molecule has 0 fully saturated rings. The summed E-state index contributed by atoms with van der Waals surface area (Å²) < 4.78 is 9.33. The Morgan fingerprint density at radius 3 is 2.81 bits per heavy atom. The summed E-state index contributed by atoms with van der Waals surface area (Å²) in [4.78, 5) is 4.36. The number of hydrogen-bond donors (Lipinski definition) is 1. The number of ether oxygens (including phenoxy) is 1. The molecule has 2 heterocycles. The van der Waals surface area contributed by atoms with Crippen LogP contribution in [0.5, 0.6) is 0 Å². The Kier molecular flexibility index (Phi) is 5.38. The van der Waals surface area contributed by atoms with Crippen molar-refractivity contribution in [2.75, 3.05) is 19.0 Å². The fourth-order valence-corrected chi connectivity index (χ4v) is 2.43. The van der Waals surface area contributed by atoms with E-state index in [2.05, 4.69) is 44.6 Å². The van der Waals surface area contributed by atoms with E-state index in [4.69, 9.17) is 4.74 Å². The molecule has 0 amide bonds. The standard InChI is InChI=1S/C15H25N5O/c1-12-10-14(3)20(18-12)8-5-7-19-9-6-16-15(19)17-13(2)11-21-4/h6,9-10,13H,5,7-8,11H2,1-4H3,(H,16,17). The zero-order chi connectivity index (χ0) is 15.2. The molecule has 1 atom stereocenters. The Morgan fingerprint density at radius 1 is 1.33 bits per heavy atom. The number of aromatic nitrogens is 4. The summed E-state index contributed by atoms with van der Waals surface area (Å²) in [6.07, 6.45) is 4.85. The molecular formula is C15H25N5O. The third-order valence-electron chi connectivity index (χ3n) is 3.38. The second-order valence-corrected chi connectivity index (χ2v) is 5.45. The van der Waals surface area contributed by atoms with Crippen LogP contribution in [0, 0.1) is 13.8 Å². The summed E-state index contributed by atoms with van der Waals surface area (Å²) in [5, 5.41) is 7.84. The van der Waals surface area contributed by atoms with Crippen LogP contribution in [-0.2, 0) is 17.8 Å². The molecule has 6 nitrogen and oxygen atoms in total. The normalized spacial score (nSPS) is 12.6. The molecule has 0 aliphatic carbocycles. The summed E-state index contributed by atoms with van der Waals surface area (Å²) >= 11 is 0. The van der Waals surface area contributed by atoms with Gasteiger partial charge < -0.3 is 14.6 Å². The van der Waals surface area contributed by atoms with Gasteiger partial charge in [0.2, 0.25) is 5.95 Å². The van der Waals surface area contributed by atoms with Crippen molar-refractivity contribution in [1.82, 2.24) is 19.3 Å². The lowest BCUT2D eigenvalue weighted by atomic mass is 10.3. The molecular weight excluding hydrogens is 266 g/mol. The van der Waals surface area contributed by atoms with Crippen LogP contribution in [-0.4, -0.2) is 39.1 Å². The third kappa shape index (κ3) is 4.32. The lowest BCUT2D eigenvalue weighted by Crippen LogP contribution is -2.23. The van der Waals surface area contributed by atoms with Gasteiger partial charge in [-0.3, -0.25) is 4.68 Å². The maximum absolute atomic E-state index is 5.14. The van der Waals surface area contributed by atoms with Crippen molar-refractivity contribution in [2.45, 2.75) is 46.3 Å². The summed E-state index contributed by atoms with van der Waals surface area (Å²) in [6, 6.07) is 2.35. The molecule has 0 spiro atoms. The van der Waals surface area contributed by atoms with Crippen LogP contribution in [0.2, 0.25) is 0 Å². The molecule has 0 bridgehead atoms. The van der Waals surface area contributed by atoms with Gasteiger partial charge in [0, 0.05) is 44.3 Å². The van der Waals surface area contributed by atoms with Crippen LogP contribution in [0.3, 0.4) is 0 Å². The molecule has 0 aliphatic rings. The summed E-state index contributed by atoms with van der Waals surface area (Å²) in [5.74, 6) is 0.896. The minimum atomic E-state index is 0.243. The van der Waals surface area contributed by atoms with Crippen LogP contribution in [0.15, 0.2) is 18.5 Å². The fraction of sp³-hybridized carbons (Fsp3) is 0.600. The van der Waals surface area contributed by atoms with Crippen molar-refractivity contribution < 1.29 is 4.74 Å². The largest absolute Gasteiger partial charge is 0.383 e. The lowest BCUT2D eigenvalue weighted by molar-refractivity contribution is 0.190. The second kappa shape index (κ2) is 7.26. The molecule has 0 saturated carbocycles. The Labute approximate surface area is 126 Å². The van der Waals surface area contributed by atoms with E-state index in [1.807, 2.05) is 19.3 Å². The highest BCUT2D eigenvalue weighted by Gasteiger charge is 2.07. The Morgan fingerprint density at radius 2 is 2.14 bits per heavy atom. The average Bonchev–Trinajstić information content (AvgIpc) is 2.97. The van der Waals surface area contributed by atoms with Gasteiger partial charge in [0.15, 0.2) is 0 Å². The molecule has 0 aliphatic heterocycles. The van der Waals surface area contributed by atoms with Gasteiger partial charge in [-0.2, -0.15) is 5.10 Å². The van der Waals surface area contributed by atoms with Crippen molar-refractivity contribution in [3.8, 4) is 0 Å².